The van der Waals surface area contributed by atoms with Crippen molar-refractivity contribution in [3.8, 4) is 0 Å². The van der Waals surface area contributed by atoms with E-state index in [1.54, 1.807) is 6.33 Å². The van der Waals surface area contributed by atoms with E-state index in [0.717, 1.165) is 11.0 Å². The Balaban J connectivity index is 2.50. The van der Waals surface area contributed by atoms with Gasteiger partial charge in [0.15, 0.2) is 5.65 Å². The molecule has 0 amide bonds. The molecule has 0 radical (unpaired) electrons. The summed E-state index contributed by atoms with van der Waals surface area (Å²) >= 11 is 0. The van der Waals surface area contributed by atoms with Gasteiger partial charge in [-0.1, -0.05) is 12.1 Å². The fourth-order valence-electron chi connectivity index (χ4n) is 2.21. The van der Waals surface area contributed by atoms with Gasteiger partial charge in [-0.15, -0.1) is 10.2 Å². The molecule has 76 valence electrons. The summed E-state index contributed by atoms with van der Waals surface area (Å²) in [6, 6.07) is 8.34. The van der Waals surface area contributed by atoms with Crippen molar-refractivity contribution in [2.24, 2.45) is 0 Å². The van der Waals surface area contributed by atoms with E-state index in [4.69, 9.17) is 0 Å². The third-order valence-corrected chi connectivity index (χ3v) is 2.94. The number of benzene rings is 1. The van der Waals surface area contributed by atoms with Crippen molar-refractivity contribution in [1.82, 2.24) is 19.0 Å². The molecule has 4 nitrogen and oxygen atoms in total. The van der Waals surface area contributed by atoms with Crippen LogP contribution in [0.4, 0.5) is 0 Å². The van der Waals surface area contributed by atoms with Gasteiger partial charge < -0.3 is 4.40 Å². The SMILES string of the molecule is c1cc2ccn3ccn4cnnc4c(c1)c23. The number of nitrogens with zero attached hydrogens (tertiary/aromatic N) is 4. The van der Waals surface area contributed by atoms with Crippen molar-refractivity contribution >= 4 is 21.9 Å². The van der Waals surface area contributed by atoms with Crippen LogP contribution < -0.4 is 0 Å². The molecule has 4 aromatic rings. The lowest BCUT2D eigenvalue weighted by Crippen LogP contribution is -1.78. The second-order valence-electron chi connectivity index (χ2n) is 3.83. The zero-order valence-electron chi connectivity index (χ0n) is 8.41. The van der Waals surface area contributed by atoms with Gasteiger partial charge in [0.25, 0.3) is 0 Å². The molecule has 16 heavy (non-hydrogen) atoms. The third kappa shape index (κ3) is 0.839. The van der Waals surface area contributed by atoms with Gasteiger partial charge in [-0.05, 0) is 12.1 Å². The molecule has 0 saturated carbocycles. The normalized spacial score (nSPS) is 11.8. The van der Waals surface area contributed by atoms with Crippen LogP contribution in [0, 0.1) is 0 Å². The number of rotatable bonds is 0. The molecule has 1 aromatic carbocycles. The van der Waals surface area contributed by atoms with Crippen molar-refractivity contribution in [1.29, 1.82) is 0 Å². The molecule has 0 atom stereocenters. The van der Waals surface area contributed by atoms with Gasteiger partial charge in [0.1, 0.15) is 6.33 Å². The summed E-state index contributed by atoms with van der Waals surface area (Å²) in [5.41, 5.74) is 2.07. The average Bonchev–Trinajstić information content (AvgIpc) is 2.88. The van der Waals surface area contributed by atoms with E-state index in [2.05, 4.69) is 39.0 Å². The first-order valence-corrected chi connectivity index (χ1v) is 5.11. The van der Waals surface area contributed by atoms with Crippen molar-refractivity contribution in [3.05, 3.63) is 49.2 Å². The van der Waals surface area contributed by atoms with Crippen LogP contribution in [0.1, 0.15) is 0 Å². The first-order valence-electron chi connectivity index (χ1n) is 5.11. The van der Waals surface area contributed by atoms with Crippen LogP contribution in [0.2, 0.25) is 0 Å². The molecule has 0 spiro atoms. The summed E-state index contributed by atoms with van der Waals surface area (Å²) in [4.78, 5) is 0. The minimum atomic E-state index is 0.888. The van der Waals surface area contributed by atoms with Crippen LogP contribution in [0.15, 0.2) is 49.2 Å². The van der Waals surface area contributed by atoms with Crippen LogP contribution in [-0.4, -0.2) is 19.0 Å². The lowest BCUT2D eigenvalue weighted by molar-refractivity contribution is 1.09. The number of aromatic nitrogens is 4. The van der Waals surface area contributed by atoms with Crippen molar-refractivity contribution in [2.75, 3.05) is 0 Å². The maximum Gasteiger partial charge on any atom is 0.170 e. The van der Waals surface area contributed by atoms with Crippen molar-refractivity contribution in [3.63, 3.8) is 0 Å². The summed E-state index contributed by atoms with van der Waals surface area (Å²) in [6.45, 7) is 0. The van der Waals surface area contributed by atoms with Crippen LogP contribution in [-0.2, 0) is 0 Å². The topological polar surface area (TPSA) is 34.6 Å². The standard InChI is InChI=1S/C12H8N4/c1-2-9-4-5-15-6-7-16-8-13-14-12(16)10(3-1)11(9)15/h1-8H. The Morgan fingerprint density at radius 1 is 0.938 bits per heavy atom. The number of hydrogen-bond donors (Lipinski definition) is 0. The monoisotopic (exact) mass is 208 g/mol. The smallest absolute Gasteiger partial charge is 0.170 e. The Morgan fingerprint density at radius 3 is 2.88 bits per heavy atom. The molecule has 0 bridgehead atoms. The molecule has 0 aliphatic carbocycles. The number of hydrogen-bond acceptors (Lipinski definition) is 2. The summed E-state index contributed by atoms with van der Waals surface area (Å²) in [7, 11) is 0. The molecule has 0 unspecified atom stereocenters. The van der Waals surface area contributed by atoms with Gasteiger partial charge in [-0.2, -0.15) is 0 Å². The van der Waals surface area contributed by atoms with E-state index in [-0.39, 0.29) is 0 Å². The second kappa shape index (κ2) is 2.61. The predicted molar refractivity (Wildman–Crippen MR) is 61.4 cm³/mol. The molecule has 3 heterocycles. The highest BCUT2D eigenvalue weighted by Gasteiger charge is 2.05. The molecule has 3 aromatic heterocycles. The summed E-state index contributed by atoms with van der Waals surface area (Å²) in [5.74, 6) is 0. The van der Waals surface area contributed by atoms with Gasteiger partial charge in [-0.3, -0.25) is 4.40 Å². The van der Waals surface area contributed by atoms with Gasteiger partial charge in [0.2, 0.25) is 0 Å². The lowest BCUT2D eigenvalue weighted by atomic mass is 10.2. The Morgan fingerprint density at radius 2 is 1.88 bits per heavy atom. The Bertz CT molecular complexity index is 809. The van der Waals surface area contributed by atoms with Gasteiger partial charge in [0.05, 0.1) is 5.52 Å². The maximum atomic E-state index is 4.17. The minimum absolute atomic E-state index is 0.888. The molecular weight excluding hydrogens is 200 g/mol. The number of fused-ring (bicyclic) bond motifs is 2. The maximum absolute atomic E-state index is 4.17. The van der Waals surface area contributed by atoms with Crippen LogP contribution >= 0.6 is 0 Å². The molecule has 0 saturated heterocycles. The van der Waals surface area contributed by atoms with E-state index >= 15 is 0 Å². The Labute approximate surface area is 90.8 Å². The van der Waals surface area contributed by atoms with Gasteiger partial charge in [0, 0.05) is 29.4 Å². The van der Waals surface area contributed by atoms with Crippen molar-refractivity contribution in [2.45, 2.75) is 0 Å². The third-order valence-electron chi connectivity index (χ3n) is 2.94. The number of para-hydroxylation sites is 1. The highest BCUT2D eigenvalue weighted by Crippen LogP contribution is 2.23. The van der Waals surface area contributed by atoms with Gasteiger partial charge in [-0.25, -0.2) is 0 Å². The zero-order valence-corrected chi connectivity index (χ0v) is 8.41. The van der Waals surface area contributed by atoms with Crippen LogP contribution in [0.5, 0.6) is 0 Å². The predicted octanol–water partition coefficient (Wildman–Crippen LogP) is 2.14. The molecule has 4 rings (SSSR count). The van der Waals surface area contributed by atoms with E-state index in [0.29, 0.717) is 0 Å². The lowest BCUT2D eigenvalue weighted by Gasteiger charge is -1.94. The largest absolute Gasteiger partial charge is 0.321 e. The van der Waals surface area contributed by atoms with E-state index in [1.165, 1.54) is 10.9 Å². The van der Waals surface area contributed by atoms with E-state index in [1.807, 2.05) is 22.9 Å². The molecule has 0 aliphatic rings. The van der Waals surface area contributed by atoms with E-state index in [9.17, 15) is 0 Å². The molecule has 0 aliphatic heterocycles. The Kier molecular flexibility index (Phi) is 1.28. The Hall–Kier alpha value is -2.36. The summed E-state index contributed by atoms with van der Waals surface area (Å²) in [6.07, 6.45) is 7.77. The molecule has 0 N–H and O–H groups in total. The quantitative estimate of drug-likeness (QED) is 0.443. The van der Waals surface area contributed by atoms with E-state index < -0.39 is 0 Å². The molecule has 0 fully saturated rings. The average molecular weight is 208 g/mol. The fraction of sp³-hybridized carbons (Fsp3) is 0. The van der Waals surface area contributed by atoms with Crippen LogP contribution in [0.3, 0.4) is 0 Å². The van der Waals surface area contributed by atoms with Crippen molar-refractivity contribution < 1.29 is 0 Å². The fourth-order valence-corrected chi connectivity index (χ4v) is 2.21. The first-order chi connectivity index (χ1) is 7.93. The molecule has 4 heteroatoms. The zero-order chi connectivity index (χ0) is 10.5. The highest BCUT2D eigenvalue weighted by molar-refractivity contribution is 6.02. The van der Waals surface area contributed by atoms with Gasteiger partial charge >= 0.3 is 0 Å². The van der Waals surface area contributed by atoms with Crippen LogP contribution in [0.25, 0.3) is 21.9 Å². The molecular formula is C12H8N4. The second-order valence-corrected chi connectivity index (χ2v) is 3.83. The first kappa shape index (κ1) is 7.87. The minimum Gasteiger partial charge on any atom is -0.321 e. The summed E-state index contributed by atoms with van der Waals surface area (Å²) in [5, 5.41) is 10.4. The highest BCUT2D eigenvalue weighted by atomic mass is 15.2. The summed E-state index contributed by atoms with van der Waals surface area (Å²) < 4.78 is 4.04.